The van der Waals surface area contributed by atoms with Crippen molar-refractivity contribution in [2.45, 2.75) is 18.0 Å². The van der Waals surface area contributed by atoms with Gasteiger partial charge in [-0.1, -0.05) is 0 Å². The van der Waals surface area contributed by atoms with E-state index in [1.165, 1.54) is 6.92 Å². The minimum absolute atomic E-state index is 0. The van der Waals surface area contributed by atoms with Gasteiger partial charge in [0.1, 0.15) is 0 Å². The van der Waals surface area contributed by atoms with E-state index in [0.29, 0.717) is 0 Å². The zero-order valence-electron chi connectivity index (χ0n) is 8.09. The molecule has 0 aromatic heterocycles. The number of alkyl halides is 3. The second kappa shape index (κ2) is 5.45. The zero-order valence-corrected chi connectivity index (χ0v) is 10.9. The zero-order chi connectivity index (χ0) is 10.9. The van der Waals surface area contributed by atoms with E-state index < -0.39 is 22.8 Å². The summed E-state index contributed by atoms with van der Waals surface area (Å²) in [4.78, 5) is -0.113. The van der Waals surface area contributed by atoms with E-state index in [-0.39, 0.29) is 40.0 Å². The number of benzene rings is 1. The molecule has 7 heteroatoms. The van der Waals surface area contributed by atoms with Crippen LogP contribution in [0.1, 0.15) is 11.1 Å². The Morgan fingerprint density at radius 3 is 2.20 bits per heavy atom. The van der Waals surface area contributed by atoms with Gasteiger partial charge in [-0.25, -0.2) is 0 Å². The van der Waals surface area contributed by atoms with Crippen LogP contribution in [0.5, 0.6) is 0 Å². The van der Waals surface area contributed by atoms with E-state index in [9.17, 15) is 21.9 Å². The van der Waals surface area contributed by atoms with Crippen LogP contribution < -0.4 is 29.6 Å². The normalized spacial score (nSPS) is 13.1. The average molecular weight is 246 g/mol. The number of halogens is 3. The minimum Gasteiger partial charge on any atom is -0.768 e. The minimum atomic E-state index is -4.44. The standard InChI is InChI=1S/C8H7F3O2S.Na/c1-5-4-6(8(9,10)11)2-3-7(5)14(12)13;/h2-4H,1H3,(H,12,13);/q;+1/p-1. The Bertz CT molecular complexity index is 379. The van der Waals surface area contributed by atoms with Gasteiger partial charge in [0.25, 0.3) is 0 Å². The van der Waals surface area contributed by atoms with Crippen LogP contribution in [0.3, 0.4) is 0 Å². The molecule has 0 radical (unpaired) electrons. The molecule has 0 aliphatic rings. The Balaban J connectivity index is 0.00000196. The third-order valence-corrected chi connectivity index (χ3v) is 2.50. The summed E-state index contributed by atoms with van der Waals surface area (Å²) in [6.07, 6.45) is -4.44. The number of aryl methyl sites for hydroxylation is 1. The maximum atomic E-state index is 12.1. The Labute approximate surface area is 109 Å². The molecule has 0 saturated heterocycles. The first kappa shape index (κ1) is 15.1. The van der Waals surface area contributed by atoms with Crippen LogP contribution in [0, 0.1) is 6.92 Å². The van der Waals surface area contributed by atoms with Crippen molar-refractivity contribution in [1.29, 1.82) is 0 Å². The largest absolute Gasteiger partial charge is 1.00 e. The second-order valence-electron chi connectivity index (χ2n) is 2.71. The van der Waals surface area contributed by atoms with Gasteiger partial charge in [-0.2, -0.15) is 13.2 Å². The number of hydrogen-bond acceptors (Lipinski definition) is 2. The molecule has 0 N–H and O–H groups in total. The third kappa shape index (κ3) is 3.88. The van der Waals surface area contributed by atoms with Crippen molar-refractivity contribution >= 4 is 11.1 Å². The van der Waals surface area contributed by atoms with E-state index >= 15 is 0 Å². The Morgan fingerprint density at radius 1 is 1.33 bits per heavy atom. The maximum absolute atomic E-state index is 12.1. The molecule has 0 aliphatic carbocycles. The van der Waals surface area contributed by atoms with Crippen molar-refractivity contribution in [3.05, 3.63) is 29.3 Å². The van der Waals surface area contributed by atoms with Gasteiger partial charge in [-0.15, -0.1) is 0 Å². The smallest absolute Gasteiger partial charge is 0.768 e. The quantitative estimate of drug-likeness (QED) is 0.483. The molecule has 1 rings (SSSR count). The summed E-state index contributed by atoms with van der Waals surface area (Å²) in [6, 6.07) is 2.50. The SMILES string of the molecule is Cc1cc(C(F)(F)F)ccc1S(=O)[O-].[Na+]. The van der Waals surface area contributed by atoms with Crippen molar-refractivity contribution in [1.82, 2.24) is 0 Å². The van der Waals surface area contributed by atoms with Gasteiger partial charge >= 0.3 is 35.7 Å². The van der Waals surface area contributed by atoms with Crippen LogP contribution in [-0.4, -0.2) is 8.76 Å². The van der Waals surface area contributed by atoms with Crippen LogP contribution in [0.15, 0.2) is 23.1 Å². The molecule has 15 heavy (non-hydrogen) atoms. The van der Waals surface area contributed by atoms with Crippen LogP contribution in [0.25, 0.3) is 0 Å². The molecule has 0 fully saturated rings. The van der Waals surface area contributed by atoms with E-state index in [1.807, 2.05) is 0 Å². The summed E-state index contributed by atoms with van der Waals surface area (Å²) in [7, 11) is 0. The van der Waals surface area contributed by atoms with Crippen molar-refractivity contribution in [3.63, 3.8) is 0 Å². The summed E-state index contributed by atoms with van der Waals surface area (Å²) in [5.41, 5.74) is -0.752. The van der Waals surface area contributed by atoms with Crippen LogP contribution in [-0.2, 0) is 17.3 Å². The van der Waals surface area contributed by atoms with Crippen molar-refractivity contribution in [2.24, 2.45) is 0 Å². The molecule has 0 heterocycles. The van der Waals surface area contributed by atoms with E-state index in [1.54, 1.807) is 0 Å². The number of rotatable bonds is 1. The van der Waals surface area contributed by atoms with Gasteiger partial charge in [0.2, 0.25) is 0 Å². The Hall–Kier alpha value is 0.120. The molecule has 0 spiro atoms. The van der Waals surface area contributed by atoms with E-state index in [0.717, 1.165) is 18.2 Å². The van der Waals surface area contributed by atoms with Crippen molar-refractivity contribution < 1.29 is 51.5 Å². The fraction of sp³-hybridized carbons (Fsp3) is 0.250. The molecule has 0 aliphatic heterocycles. The summed E-state index contributed by atoms with van der Waals surface area (Å²) >= 11 is -2.49. The molecule has 1 aromatic carbocycles. The van der Waals surface area contributed by atoms with Crippen molar-refractivity contribution in [2.75, 3.05) is 0 Å². The summed E-state index contributed by atoms with van der Waals surface area (Å²) in [5, 5.41) is 0. The fourth-order valence-electron chi connectivity index (χ4n) is 1.01. The summed E-state index contributed by atoms with van der Waals surface area (Å²) in [5.74, 6) is 0. The topological polar surface area (TPSA) is 40.1 Å². The van der Waals surface area contributed by atoms with Gasteiger partial charge in [0, 0.05) is 4.90 Å². The molecule has 0 amide bonds. The summed E-state index contributed by atoms with van der Waals surface area (Å²) < 4.78 is 57.4. The first-order chi connectivity index (χ1) is 6.32. The predicted octanol–water partition coefficient (Wildman–Crippen LogP) is -0.744. The van der Waals surface area contributed by atoms with Gasteiger partial charge in [0.05, 0.1) is 5.56 Å². The van der Waals surface area contributed by atoms with Crippen LogP contribution in [0.2, 0.25) is 0 Å². The second-order valence-corrected chi connectivity index (χ2v) is 3.62. The first-order valence-corrected chi connectivity index (χ1v) is 4.67. The molecular weight excluding hydrogens is 240 g/mol. The monoisotopic (exact) mass is 246 g/mol. The third-order valence-electron chi connectivity index (χ3n) is 1.68. The average Bonchev–Trinajstić information content (AvgIpc) is 2.01. The molecular formula is C8H6F3NaO2S. The Kier molecular flexibility index (Phi) is 5.49. The summed E-state index contributed by atoms with van der Waals surface area (Å²) in [6.45, 7) is 1.32. The van der Waals surface area contributed by atoms with Gasteiger partial charge in [0.15, 0.2) is 0 Å². The molecule has 0 bridgehead atoms. The van der Waals surface area contributed by atoms with Crippen LogP contribution >= 0.6 is 0 Å². The maximum Gasteiger partial charge on any atom is 1.00 e. The van der Waals surface area contributed by atoms with Gasteiger partial charge in [-0.05, 0) is 41.8 Å². The first-order valence-electron chi connectivity index (χ1n) is 3.59. The molecule has 1 aromatic rings. The molecule has 78 valence electrons. The van der Waals surface area contributed by atoms with Crippen LogP contribution in [0.4, 0.5) is 13.2 Å². The molecule has 0 saturated carbocycles. The van der Waals surface area contributed by atoms with Gasteiger partial charge < -0.3 is 4.55 Å². The number of hydrogen-bond donors (Lipinski definition) is 0. The van der Waals surface area contributed by atoms with Crippen molar-refractivity contribution in [3.8, 4) is 0 Å². The Morgan fingerprint density at radius 2 is 1.87 bits per heavy atom. The predicted molar refractivity (Wildman–Crippen MR) is 43.4 cm³/mol. The molecule has 1 atom stereocenters. The molecule has 2 nitrogen and oxygen atoms in total. The van der Waals surface area contributed by atoms with E-state index in [4.69, 9.17) is 0 Å². The molecule has 1 unspecified atom stereocenters. The van der Waals surface area contributed by atoms with Gasteiger partial charge in [-0.3, -0.25) is 4.21 Å². The fourth-order valence-corrected chi connectivity index (χ4v) is 1.51. The van der Waals surface area contributed by atoms with E-state index in [2.05, 4.69) is 0 Å².